The minimum absolute atomic E-state index is 0.117. The second-order valence-electron chi connectivity index (χ2n) is 10.6. The van der Waals surface area contributed by atoms with Gasteiger partial charge in [0.2, 0.25) is 5.91 Å². The van der Waals surface area contributed by atoms with E-state index in [1.165, 1.54) is 4.90 Å². The molecule has 0 spiro atoms. The van der Waals surface area contributed by atoms with Crippen molar-refractivity contribution in [2.45, 2.75) is 36.1 Å². The first-order chi connectivity index (χ1) is 18.7. The first-order valence-electron chi connectivity index (χ1n) is 13.7. The molecule has 0 saturated carbocycles. The smallest absolute Gasteiger partial charge is 0.227 e. The van der Waals surface area contributed by atoms with Gasteiger partial charge in [0.1, 0.15) is 5.75 Å². The molecule has 5 heterocycles. The van der Waals surface area contributed by atoms with Crippen molar-refractivity contribution in [2.75, 3.05) is 51.3 Å². The van der Waals surface area contributed by atoms with Crippen LogP contribution in [-0.4, -0.2) is 83.1 Å². The molecule has 38 heavy (non-hydrogen) atoms. The van der Waals surface area contributed by atoms with Crippen LogP contribution in [0.4, 0.5) is 5.69 Å². The number of amides is 1. The molecule has 7 rings (SSSR count). The lowest BCUT2D eigenvalue weighted by Gasteiger charge is -2.50. The van der Waals surface area contributed by atoms with Crippen LogP contribution in [0.2, 0.25) is 0 Å². The van der Waals surface area contributed by atoms with E-state index in [9.17, 15) is 4.79 Å². The lowest BCUT2D eigenvalue weighted by atomic mass is 9.75. The van der Waals surface area contributed by atoms with Crippen LogP contribution in [0.5, 0.6) is 5.75 Å². The van der Waals surface area contributed by atoms with Crippen molar-refractivity contribution in [1.29, 1.82) is 0 Å². The van der Waals surface area contributed by atoms with E-state index in [1.807, 2.05) is 28.9 Å². The number of fused-ring (bicyclic) bond motifs is 3. The topological polar surface area (TPSA) is 66.7 Å². The highest BCUT2D eigenvalue weighted by Crippen LogP contribution is 2.38. The van der Waals surface area contributed by atoms with E-state index < -0.39 is 0 Å². The van der Waals surface area contributed by atoms with Gasteiger partial charge in [-0.1, -0.05) is 35.5 Å². The summed E-state index contributed by atoms with van der Waals surface area (Å²) in [5, 5.41) is 8.82. The molecule has 0 N–H and O–H groups in total. The van der Waals surface area contributed by atoms with E-state index in [0.29, 0.717) is 17.9 Å². The van der Waals surface area contributed by atoms with Crippen LogP contribution in [0.15, 0.2) is 65.7 Å². The summed E-state index contributed by atoms with van der Waals surface area (Å²) < 4.78 is 7.55. The van der Waals surface area contributed by atoms with Crippen LogP contribution in [0.1, 0.15) is 18.5 Å². The summed E-state index contributed by atoms with van der Waals surface area (Å²) >= 11 is 1.78. The predicted molar refractivity (Wildman–Crippen MR) is 149 cm³/mol. The van der Waals surface area contributed by atoms with Gasteiger partial charge in [-0.05, 0) is 49.6 Å². The third kappa shape index (κ3) is 5.40. The lowest BCUT2D eigenvalue weighted by Crippen LogP contribution is -2.60. The molecule has 1 amide bonds. The average molecular weight is 533 g/mol. The molecule has 1 unspecified atom stereocenters. The van der Waals surface area contributed by atoms with Gasteiger partial charge in [0.15, 0.2) is 0 Å². The molecule has 4 aliphatic rings. The van der Waals surface area contributed by atoms with Gasteiger partial charge in [0.25, 0.3) is 0 Å². The highest BCUT2D eigenvalue weighted by molar-refractivity contribution is 7.98. The van der Waals surface area contributed by atoms with Gasteiger partial charge in [0.05, 0.1) is 31.0 Å². The van der Waals surface area contributed by atoms with Crippen molar-refractivity contribution in [3.05, 3.63) is 66.5 Å². The number of aromatic nitrogens is 3. The van der Waals surface area contributed by atoms with E-state index in [2.05, 4.69) is 61.5 Å². The fourth-order valence-corrected chi connectivity index (χ4v) is 7.08. The van der Waals surface area contributed by atoms with E-state index in [0.717, 1.165) is 81.5 Å². The number of methoxy groups -OCH3 is 1. The predicted octanol–water partition coefficient (Wildman–Crippen LogP) is 3.64. The van der Waals surface area contributed by atoms with E-state index in [-0.39, 0.29) is 5.92 Å². The Labute approximate surface area is 228 Å². The maximum Gasteiger partial charge on any atom is 0.227 e. The van der Waals surface area contributed by atoms with Gasteiger partial charge in [0, 0.05) is 55.6 Å². The van der Waals surface area contributed by atoms with Crippen LogP contribution in [0.25, 0.3) is 0 Å². The molecule has 4 saturated heterocycles. The van der Waals surface area contributed by atoms with Crippen molar-refractivity contribution in [3.63, 3.8) is 0 Å². The number of ether oxygens (including phenoxy) is 1. The van der Waals surface area contributed by atoms with Gasteiger partial charge in [-0.3, -0.25) is 14.4 Å². The third-order valence-corrected chi connectivity index (χ3v) is 9.37. The molecule has 2 bridgehead atoms. The summed E-state index contributed by atoms with van der Waals surface area (Å²) in [6.07, 6.45) is 4.26. The quantitative estimate of drug-likeness (QED) is 0.411. The number of piperazine rings is 1. The molecule has 2 aromatic carbocycles. The van der Waals surface area contributed by atoms with Crippen LogP contribution in [-0.2, 0) is 17.1 Å². The number of hydrogen-bond donors (Lipinski definition) is 0. The fourth-order valence-electron chi connectivity index (χ4n) is 6.28. The highest BCUT2D eigenvalue weighted by Gasteiger charge is 2.44. The second kappa shape index (κ2) is 11.4. The van der Waals surface area contributed by atoms with Gasteiger partial charge in [-0.15, -0.1) is 16.9 Å². The zero-order valence-corrected chi connectivity index (χ0v) is 22.8. The van der Waals surface area contributed by atoms with Crippen LogP contribution >= 0.6 is 11.8 Å². The number of carbonyl (C=O) groups is 1. The molecule has 0 aliphatic carbocycles. The molecule has 8 nitrogen and oxygen atoms in total. The minimum atomic E-state index is 0.117. The number of rotatable bonds is 8. The summed E-state index contributed by atoms with van der Waals surface area (Å²) in [5.74, 6) is 2.64. The summed E-state index contributed by atoms with van der Waals surface area (Å²) in [5.41, 5.74) is 2.12. The first-order valence-corrected chi connectivity index (χ1v) is 14.6. The molecule has 4 aliphatic heterocycles. The Hall–Kier alpha value is -3.04. The summed E-state index contributed by atoms with van der Waals surface area (Å²) in [7, 11) is 1.71. The number of hydrogen-bond acceptors (Lipinski definition) is 7. The minimum Gasteiger partial charge on any atom is -0.495 e. The maximum absolute atomic E-state index is 13.6. The average Bonchev–Trinajstić information content (AvgIpc) is 3.44. The second-order valence-corrected chi connectivity index (χ2v) is 11.6. The van der Waals surface area contributed by atoms with Crippen molar-refractivity contribution in [2.24, 2.45) is 11.8 Å². The number of piperidine rings is 3. The van der Waals surface area contributed by atoms with Crippen molar-refractivity contribution >= 4 is 23.4 Å². The monoisotopic (exact) mass is 532 g/mol. The summed E-state index contributed by atoms with van der Waals surface area (Å²) in [4.78, 5) is 21.8. The number of carbonyl (C=O) groups excluding carboxylic acids is 1. The molecule has 200 valence electrons. The Morgan fingerprint density at radius 1 is 1.03 bits per heavy atom. The molecular weight excluding hydrogens is 496 g/mol. The maximum atomic E-state index is 13.6. The largest absolute Gasteiger partial charge is 0.495 e. The Bertz CT molecular complexity index is 1230. The van der Waals surface area contributed by atoms with Gasteiger partial charge in [-0.25, -0.2) is 0 Å². The zero-order chi connectivity index (χ0) is 25.9. The number of anilines is 1. The van der Waals surface area contributed by atoms with Crippen LogP contribution < -0.4 is 9.64 Å². The van der Waals surface area contributed by atoms with Crippen LogP contribution in [0.3, 0.4) is 0 Å². The lowest BCUT2D eigenvalue weighted by molar-refractivity contribution is -0.144. The number of nitrogens with zero attached hydrogens (tertiary/aromatic N) is 6. The van der Waals surface area contributed by atoms with Crippen LogP contribution in [0, 0.1) is 11.8 Å². The number of para-hydroxylation sites is 2. The molecule has 9 heteroatoms. The standard InChI is InChI=1S/C29H36N6O2S/c1-37-28-10-6-5-9-27(28)32-13-15-33(16-14-32)29(36)26-20-34-12-11-22(26)17-24(34)19-35-18-23(30-31-35)21-38-25-7-3-2-4-8-25/h2-10,18,22,24,26H,11-17,19-21H2,1H3/t22-,24+,26+/m0/s1. The summed E-state index contributed by atoms with van der Waals surface area (Å²) in [6, 6.07) is 19.0. The van der Waals surface area contributed by atoms with Crippen molar-refractivity contribution < 1.29 is 9.53 Å². The first kappa shape index (κ1) is 25.2. The molecule has 1 aromatic heterocycles. The Kier molecular flexibility index (Phi) is 7.56. The van der Waals surface area contributed by atoms with Gasteiger partial charge < -0.3 is 14.5 Å². The summed E-state index contributed by atoms with van der Waals surface area (Å²) in [6.45, 7) is 6.01. The molecule has 4 fully saturated rings. The van der Waals surface area contributed by atoms with E-state index in [1.54, 1.807) is 18.9 Å². The van der Waals surface area contributed by atoms with E-state index in [4.69, 9.17) is 4.74 Å². The number of thioether (sulfide) groups is 1. The third-order valence-electron chi connectivity index (χ3n) is 8.33. The molecule has 0 radical (unpaired) electrons. The SMILES string of the molecule is COc1ccccc1N1CCN(C(=O)[C@@H]2CN3CC[C@H]2C[C@@H]3Cn2cc(CSc3ccccc3)nn2)CC1. The normalized spacial score (nSPS) is 25.0. The van der Waals surface area contributed by atoms with Crippen molar-refractivity contribution in [1.82, 2.24) is 24.8 Å². The molecule has 4 atom stereocenters. The molecular formula is C29H36N6O2S. The molecule has 3 aromatic rings. The Morgan fingerprint density at radius 2 is 1.82 bits per heavy atom. The zero-order valence-electron chi connectivity index (χ0n) is 22.0. The highest BCUT2D eigenvalue weighted by atomic mass is 32.2. The fraction of sp³-hybridized carbons (Fsp3) is 0.483. The van der Waals surface area contributed by atoms with Crippen molar-refractivity contribution in [3.8, 4) is 5.75 Å². The van der Waals surface area contributed by atoms with E-state index >= 15 is 0 Å². The van der Waals surface area contributed by atoms with Gasteiger partial charge in [-0.2, -0.15) is 0 Å². The Balaban J connectivity index is 1.01. The number of benzene rings is 2. The Morgan fingerprint density at radius 3 is 2.58 bits per heavy atom. The van der Waals surface area contributed by atoms with Gasteiger partial charge >= 0.3 is 0 Å².